The largest absolute Gasteiger partial charge is 0.480 e. The highest BCUT2D eigenvalue weighted by Gasteiger charge is 2.41. The van der Waals surface area contributed by atoms with E-state index in [1.165, 1.54) is 4.90 Å². The number of carboxylic acids is 1. The molecule has 17 heavy (non-hydrogen) atoms. The summed E-state index contributed by atoms with van der Waals surface area (Å²) < 4.78 is 0. The molecule has 0 aromatic heterocycles. The first kappa shape index (κ1) is 13.8. The average Bonchev–Trinajstić information content (AvgIpc) is 2.96. The van der Waals surface area contributed by atoms with Crippen molar-refractivity contribution in [3.63, 3.8) is 0 Å². The summed E-state index contributed by atoms with van der Waals surface area (Å²) in [5.74, 6) is -0.428. The van der Waals surface area contributed by atoms with Crippen LogP contribution in [0.5, 0.6) is 0 Å². The van der Waals surface area contributed by atoms with Crippen LogP contribution in [-0.4, -0.2) is 40.1 Å². The van der Waals surface area contributed by atoms with Crippen molar-refractivity contribution in [3.8, 4) is 0 Å². The van der Waals surface area contributed by atoms with Crippen molar-refractivity contribution in [2.75, 3.05) is 6.54 Å². The topological polar surface area (TPSA) is 69.6 Å². The van der Waals surface area contributed by atoms with E-state index in [0.717, 1.165) is 12.8 Å². The fourth-order valence-electron chi connectivity index (χ4n) is 2.02. The Kier molecular flexibility index (Phi) is 4.01. The van der Waals surface area contributed by atoms with Crippen LogP contribution in [0.25, 0.3) is 0 Å². The monoisotopic (exact) mass is 242 g/mol. The second-order valence-electron chi connectivity index (χ2n) is 5.07. The van der Waals surface area contributed by atoms with Crippen LogP contribution < -0.4 is 5.32 Å². The number of nitrogens with zero attached hydrogens (tertiary/aromatic N) is 1. The fourth-order valence-corrected chi connectivity index (χ4v) is 2.02. The maximum Gasteiger partial charge on any atom is 0.329 e. The first-order chi connectivity index (χ1) is 7.84. The zero-order valence-corrected chi connectivity index (χ0v) is 11.0. The lowest BCUT2D eigenvalue weighted by atomic mass is 10.0. The number of hydrogen-bond acceptors (Lipinski definition) is 2. The van der Waals surface area contributed by atoms with Gasteiger partial charge in [0.05, 0.1) is 0 Å². The van der Waals surface area contributed by atoms with Crippen LogP contribution in [0.2, 0.25) is 0 Å². The summed E-state index contributed by atoms with van der Waals surface area (Å²) in [6.07, 6.45) is 2.06. The van der Waals surface area contributed by atoms with Crippen LogP contribution in [0, 0.1) is 5.92 Å². The number of hydrogen-bond donors (Lipinski definition) is 2. The summed E-state index contributed by atoms with van der Waals surface area (Å²) in [5, 5.41) is 12.0. The lowest BCUT2D eigenvalue weighted by molar-refractivity contribution is -0.147. The Hall–Kier alpha value is -1.26. The van der Waals surface area contributed by atoms with E-state index in [-0.39, 0.29) is 12.1 Å². The normalized spacial score (nSPS) is 23.1. The SMILES string of the molecule is CCC1CC1NC(=O)N(CC)C(C)(C)C(=O)O. The van der Waals surface area contributed by atoms with E-state index in [1.807, 2.05) is 0 Å². The highest BCUT2D eigenvalue weighted by atomic mass is 16.4. The van der Waals surface area contributed by atoms with Gasteiger partial charge < -0.3 is 15.3 Å². The van der Waals surface area contributed by atoms with Crippen molar-refractivity contribution in [1.82, 2.24) is 10.2 Å². The van der Waals surface area contributed by atoms with Crippen LogP contribution in [0.3, 0.4) is 0 Å². The Labute approximate surface area is 102 Å². The second kappa shape index (κ2) is 4.94. The van der Waals surface area contributed by atoms with Gasteiger partial charge in [-0.05, 0) is 33.1 Å². The summed E-state index contributed by atoms with van der Waals surface area (Å²) in [4.78, 5) is 24.5. The molecule has 0 heterocycles. The Bertz CT molecular complexity index is 315. The number of urea groups is 1. The standard InChI is InChI=1S/C12H22N2O3/c1-5-8-7-9(8)13-11(17)14(6-2)12(3,4)10(15)16/h8-9H,5-7H2,1-4H3,(H,13,17)(H,15,16). The summed E-state index contributed by atoms with van der Waals surface area (Å²) >= 11 is 0. The maximum absolute atomic E-state index is 12.0. The molecule has 1 aliphatic carbocycles. The lowest BCUT2D eigenvalue weighted by Gasteiger charge is -2.34. The number of nitrogens with one attached hydrogen (secondary N) is 1. The highest BCUT2D eigenvalue weighted by molar-refractivity contribution is 5.85. The zero-order valence-electron chi connectivity index (χ0n) is 11.0. The molecule has 1 aliphatic rings. The van der Waals surface area contributed by atoms with Crippen molar-refractivity contribution in [2.24, 2.45) is 5.92 Å². The van der Waals surface area contributed by atoms with E-state index < -0.39 is 11.5 Å². The van der Waals surface area contributed by atoms with Gasteiger partial charge >= 0.3 is 12.0 Å². The van der Waals surface area contributed by atoms with Crippen LogP contribution in [0.15, 0.2) is 0 Å². The molecule has 1 saturated carbocycles. The zero-order chi connectivity index (χ0) is 13.2. The minimum absolute atomic E-state index is 0.228. The van der Waals surface area contributed by atoms with Crippen molar-refractivity contribution < 1.29 is 14.7 Å². The highest BCUT2D eigenvalue weighted by Crippen LogP contribution is 2.33. The third kappa shape index (κ3) is 2.90. The van der Waals surface area contributed by atoms with Crippen molar-refractivity contribution in [1.29, 1.82) is 0 Å². The Balaban J connectivity index is 2.62. The third-order valence-corrected chi connectivity index (χ3v) is 3.52. The number of rotatable bonds is 5. The quantitative estimate of drug-likeness (QED) is 0.770. The smallest absolute Gasteiger partial charge is 0.329 e. The third-order valence-electron chi connectivity index (χ3n) is 3.52. The Morgan fingerprint density at radius 3 is 2.35 bits per heavy atom. The van der Waals surface area contributed by atoms with E-state index in [1.54, 1.807) is 20.8 Å². The molecule has 0 bridgehead atoms. The number of aliphatic carboxylic acids is 1. The molecule has 0 aliphatic heterocycles. The number of amides is 2. The molecule has 0 aromatic rings. The molecule has 5 heteroatoms. The fraction of sp³-hybridized carbons (Fsp3) is 0.833. The Morgan fingerprint density at radius 1 is 1.41 bits per heavy atom. The molecule has 0 saturated heterocycles. The Morgan fingerprint density at radius 2 is 2.00 bits per heavy atom. The molecule has 98 valence electrons. The van der Waals surface area contributed by atoms with Crippen LogP contribution >= 0.6 is 0 Å². The molecule has 2 unspecified atom stereocenters. The molecule has 0 aromatic carbocycles. The van der Waals surface area contributed by atoms with Gasteiger partial charge in [-0.1, -0.05) is 13.3 Å². The molecule has 5 nitrogen and oxygen atoms in total. The van der Waals surface area contributed by atoms with Crippen LogP contribution in [0.4, 0.5) is 4.79 Å². The van der Waals surface area contributed by atoms with Crippen molar-refractivity contribution in [2.45, 2.75) is 52.1 Å². The average molecular weight is 242 g/mol. The summed E-state index contributed by atoms with van der Waals surface area (Å²) in [5.41, 5.74) is -1.17. The molecule has 0 radical (unpaired) electrons. The van der Waals surface area contributed by atoms with E-state index in [4.69, 9.17) is 5.11 Å². The van der Waals surface area contributed by atoms with Gasteiger partial charge in [-0.3, -0.25) is 0 Å². The first-order valence-corrected chi connectivity index (χ1v) is 6.16. The number of carbonyl (C=O) groups is 2. The number of likely N-dealkylation sites (N-methyl/N-ethyl adjacent to an activating group) is 1. The van der Waals surface area contributed by atoms with Gasteiger partial charge in [0, 0.05) is 12.6 Å². The van der Waals surface area contributed by atoms with Crippen molar-refractivity contribution >= 4 is 12.0 Å². The van der Waals surface area contributed by atoms with Gasteiger partial charge in [0.15, 0.2) is 0 Å². The van der Waals surface area contributed by atoms with E-state index >= 15 is 0 Å². The molecule has 1 fully saturated rings. The van der Waals surface area contributed by atoms with E-state index in [2.05, 4.69) is 12.2 Å². The summed E-state index contributed by atoms with van der Waals surface area (Å²) in [6.45, 7) is 7.35. The minimum Gasteiger partial charge on any atom is -0.480 e. The predicted molar refractivity (Wildman–Crippen MR) is 64.8 cm³/mol. The van der Waals surface area contributed by atoms with E-state index in [9.17, 15) is 9.59 Å². The molecule has 2 amide bonds. The minimum atomic E-state index is -1.17. The van der Waals surface area contributed by atoms with Crippen molar-refractivity contribution in [3.05, 3.63) is 0 Å². The number of carbonyl (C=O) groups excluding carboxylic acids is 1. The second-order valence-corrected chi connectivity index (χ2v) is 5.07. The molecule has 1 rings (SSSR count). The van der Waals surface area contributed by atoms with Gasteiger partial charge in [0.1, 0.15) is 5.54 Å². The molecular formula is C12H22N2O3. The van der Waals surface area contributed by atoms with Gasteiger partial charge in [0.2, 0.25) is 0 Å². The molecule has 2 N–H and O–H groups in total. The van der Waals surface area contributed by atoms with Gasteiger partial charge in [0.25, 0.3) is 0 Å². The molecule has 2 atom stereocenters. The van der Waals surface area contributed by atoms with Crippen LogP contribution in [0.1, 0.15) is 40.5 Å². The number of carboxylic acid groups (broad SMARTS) is 1. The van der Waals surface area contributed by atoms with Gasteiger partial charge in [-0.15, -0.1) is 0 Å². The first-order valence-electron chi connectivity index (χ1n) is 6.16. The molecule has 0 spiro atoms. The van der Waals surface area contributed by atoms with E-state index in [0.29, 0.717) is 12.5 Å². The lowest BCUT2D eigenvalue weighted by Crippen LogP contribution is -2.56. The summed E-state index contributed by atoms with van der Waals surface area (Å²) in [7, 11) is 0. The molecular weight excluding hydrogens is 220 g/mol. The predicted octanol–water partition coefficient (Wildman–Crippen LogP) is 1.68. The maximum atomic E-state index is 12.0. The summed E-state index contributed by atoms with van der Waals surface area (Å²) in [6, 6.07) is -0.0491. The van der Waals surface area contributed by atoms with Crippen LogP contribution in [-0.2, 0) is 4.79 Å². The van der Waals surface area contributed by atoms with Gasteiger partial charge in [-0.25, -0.2) is 9.59 Å². The van der Waals surface area contributed by atoms with Gasteiger partial charge in [-0.2, -0.15) is 0 Å².